The predicted molar refractivity (Wildman–Crippen MR) is 186 cm³/mol. The zero-order chi connectivity index (χ0) is 30.8. The molecule has 6 aromatic carbocycles. The molecule has 218 valence electrons. The molecule has 0 aliphatic rings. The van der Waals surface area contributed by atoms with Gasteiger partial charge in [-0.15, -0.1) is 0 Å². The Kier molecular flexibility index (Phi) is 5.87. The van der Waals surface area contributed by atoms with Crippen molar-refractivity contribution in [1.29, 1.82) is 0 Å². The first-order valence-electron chi connectivity index (χ1n) is 15.5. The molecular weight excluding hydrogens is 564 g/mol. The van der Waals surface area contributed by atoms with Crippen LogP contribution in [0, 0.1) is 6.92 Å². The lowest BCUT2D eigenvalue weighted by Crippen LogP contribution is -2.30. The molecule has 5 nitrogen and oxygen atoms in total. The second-order valence-electron chi connectivity index (χ2n) is 11.8. The standard InChI is InChI=1S/C41H29N4O/c1-26-12-22-33-38-32-9-4-3-8-29(32)19-23-36(38)46-39(33)37(26)41-44(2)34-10-5-6-11-35(34)45(41)31-20-17-28(18-21-31)27-13-15-30(16-14-27)40-42-24-7-25-43-40/h3-25H,1-2H3/q+1. The highest BCUT2D eigenvalue weighted by atomic mass is 16.3. The van der Waals surface area contributed by atoms with Crippen molar-refractivity contribution in [3.05, 3.63) is 145 Å². The molecule has 0 bridgehead atoms. The first-order chi connectivity index (χ1) is 22.7. The van der Waals surface area contributed by atoms with Gasteiger partial charge in [-0.25, -0.2) is 14.5 Å². The molecule has 5 heteroatoms. The number of para-hydroxylation sites is 2. The van der Waals surface area contributed by atoms with Crippen LogP contribution in [0.1, 0.15) is 5.56 Å². The summed E-state index contributed by atoms with van der Waals surface area (Å²) in [5.74, 6) is 1.81. The van der Waals surface area contributed by atoms with Crippen LogP contribution in [-0.4, -0.2) is 14.5 Å². The van der Waals surface area contributed by atoms with Crippen LogP contribution in [0.15, 0.2) is 144 Å². The number of benzene rings is 6. The minimum Gasteiger partial charge on any atom is -0.455 e. The molecule has 0 radical (unpaired) electrons. The van der Waals surface area contributed by atoms with Crippen LogP contribution in [0.2, 0.25) is 0 Å². The molecule has 0 amide bonds. The monoisotopic (exact) mass is 593 g/mol. The maximum Gasteiger partial charge on any atom is 0.298 e. The lowest BCUT2D eigenvalue weighted by molar-refractivity contribution is -0.633. The molecule has 0 aliphatic heterocycles. The van der Waals surface area contributed by atoms with E-state index in [-0.39, 0.29) is 0 Å². The van der Waals surface area contributed by atoms with Crippen LogP contribution < -0.4 is 4.57 Å². The Hall–Kier alpha value is -6.07. The number of fused-ring (bicyclic) bond motifs is 6. The van der Waals surface area contributed by atoms with E-state index in [0.717, 1.165) is 78.1 Å². The quantitative estimate of drug-likeness (QED) is 0.191. The number of aryl methyl sites for hydroxylation is 2. The maximum absolute atomic E-state index is 6.75. The number of hydrogen-bond acceptors (Lipinski definition) is 3. The van der Waals surface area contributed by atoms with Crippen LogP contribution in [-0.2, 0) is 7.05 Å². The van der Waals surface area contributed by atoms with Crippen LogP contribution in [0.4, 0.5) is 0 Å². The van der Waals surface area contributed by atoms with Crippen LogP contribution >= 0.6 is 0 Å². The van der Waals surface area contributed by atoms with Crippen molar-refractivity contribution in [3.8, 4) is 39.6 Å². The molecule has 0 fully saturated rings. The van der Waals surface area contributed by atoms with Gasteiger partial charge in [-0.2, -0.15) is 4.57 Å². The second kappa shape index (κ2) is 10.2. The smallest absolute Gasteiger partial charge is 0.298 e. The minimum atomic E-state index is 0.729. The molecular formula is C41H29N4O+. The number of nitrogens with zero attached hydrogens (tertiary/aromatic N) is 4. The molecule has 3 heterocycles. The van der Waals surface area contributed by atoms with Gasteiger partial charge < -0.3 is 4.42 Å². The molecule has 9 aromatic rings. The van der Waals surface area contributed by atoms with Crippen molar-refractivity contribution in [1.82, 2.24) is 14.5 Å². The number of hydrogen-bond donors (Lipinski definition) is 0. The van der Waals surface area contributed by atoms with Gasteiger partial charge in [0.05, 0.1) is 7.05 Å². The molecule has 0 saturated carbocycles. The molecule has 3 aromatic heterocycles. The Labute approximate surface area is 265 Å². The normalized spacial score (nSPS) is 11.7. The van der Waals surface area contributed by atoms with E-state index in [1.165, 1.54) is 10.8 Å². The van der Waals surface area contributed by atoms with Gasteiger partial charge in [0.1, 0.15) is 16.8 Å². The molecule has 0 aliphatic carbocycles. The van der Waals surface area contributed by atoms with E-state index in [1.54, 1.807) is 12.4 Å². The van der Waals surface area contributed by atoms with Gasteiger partial charge in [0.15, 0.2) is 22.4 Å². The Morgan fingerprint density at radius 3 is 2.13 bits per heavy atom. The van der Waals surface area contributed by atoms with Crippen LogP contribution in [0.25, 0.3) is 83.3 Å². The molecule has 9 rings (SSSR count). The van der Waals surface area contributed by atoms with Gasteiger partial charge in [0.25, 0.3) is 5.82 Å². The summed E-state index contributed by atoms with van der Waals surface area (Å²) in [5, 5.41) is 4.71. The number of imidazole rings is 1. The van der Waals surface area contributed by atoms with Crippen molar-refractivity contribution in [2.75, 3.05) is 0 Å². The maximum atomic E-state index is 6.75. The highest BCUT2D eigenvalue weighted by molar-refractivity contribution is 6.20. The predicted octanol–water partition coefficient (Wildman–Crippen LogP) is 9.61. The van der Waals surface area contributed by atoms with Crippen molar-refractivity contribution in [3.63, 3.8) is 0 Å². The molecule has 0 saturated heterocycles. The van der Waals surface area contributed by atoms with Gasteiger partial charge >= 0.3 is 0 Å². The fourth-order valence-electron chi connectivity index (χ4n) is 6.91. The number of aromatic nitrogens is 4. The molecule has 0 unspecified atom stereocenters. The van der Waals surface area contributed by atoms with E-state index < -0.39 is 0 Å². The van der Waals surface area contributed by atoms with Gasteiger partial charge in [-0.05, 0) is 70.8 Å². The summed E-state index contributed by atoms with van der Waals surface area (Å²) in [5.41, 5.74) is 10.7. The zero-order valence-corrected chi connectivity index (χ0v) is 25.5. The van der Waals surface area contributed by atoms with Gasteiger partial charge in [-0.3, -0.25) is 0 Å². The largest absolute Gasteiger partial charge is 0.455 e. The third-order valence-corrected chi connectivity index (χ3v) is 9.14. The third-order valence-electron chi connectivity index (χ3n) is 9.14. The molecule has 0 atom stereocenters. The average molecular weight is 594 g/mol. The summed E-state index contributed by atoms with van der Waals surface area (Å²) in [7, 11) is 2.15. The highest BCUT2D eigenvalue weighted by Gasteiger charge is 2.30. The zero-order valence-electron chi connectivity index (χ0n) is 25.5. The summed E-state index contributed by atoms with van der Waals surface area (Å²) >= 11 is 0. The van der Waals surface area contributed by atoms with Crippen molar-refractivity contribution in [2.24, 2.45) is 7.05 Å². The van der Waals surface area contributed by atoms with E-state index in [9.17, 15) is 0 Å². The SMILES string of the molecule is Cc1ccc2c(oc3ccc4ccccc4c32)c1-c1n(-c2ccc(-c3ccc(-c4ncccn4)cc3)cc2)c2ccccc2[n+]1C. The molecule has 0 spiro atoms. The van der Waals surface area contributed by atoms with E-state index in [0.29, 0.717) is 0 Å². The Morgan fingerprint density at radius 1 is 0.630 bits per heavy atom. The lowest BCUT2D eigenvalue weighted by atomic mass is 10.00. The Bertz CT molecular complexity index is 2580. The molecule has 0 N–H and O–H groups in total. The van der Waals surface area contributed by atoms with Gasteiger partial charge in [0, 0.05) is 28.7 Å². The summed E-state index contributed by atoms with van der Waals surface area (Å²) in [4.78, 5) is 8.77. The Balaban J connectivity index is 1.23. The second-order valence-corrected chi connectivity index (χ2v) is 11.8. The van der Waals surface area contributed by atoms with Crippen molar-refractivity contribution >= 4 is 43.7 Å². The summed E-state index contributed by atoms with van der Waals surface area (Å²) in [6, 6.07) is 44.9. The lowest BCUT2D eigenvalue weighted by Gasteiger charge is -2.09. The van der Waals surface area contributed by atoms with Gasteiger partial charge in [0.2, 0.25) is 0 Å². The first-order valence-corrected chi connectivity index (χ1v) is 15.5. The highest BCUT2D eigenvalue weighted by Crippen LogP contribution is 2.41. The number of furan rings is 1. The fraction of sp³-hybridized carbons (Fsp3) is 0.0488. The summed E-state index contributed by atoms with van der Waals surface area (Å²) < 4.78 is 11.4. The van der Waals surface area contributed by atoms with Crippen molar-refractivity contribution in [2.45, 2.75) is 6.92 Å². The minimum absolute atomic E-state index is 0.729. The van der Waals surface area contributed by atoms with Crippen molar-refractivity contribution < 1.29 is 8.98 Å². The summed E-state index contributed by atoms with van der Waals surface area (Å²) in [6.07, 6.45) is 3.54. The van der Waals surface area contributed by atoms with Crippen LogP contribution in [0.5, 0.6) is 0 Å². The first kappa shape index (κ1) is 26.3. The summed E-state index contributed by atoms with van der Waals surface area (Å²) in [6.45, 7) is 2.18. The molecule has 46 heavy (non-hydrogen) atoms. The van der Waals surface area contributed by atoms with E-state index in [1.807, 2.05) is 6.07 Å². The fourth-order valence-corrected chi connectivity index (χ4v) is 6.91. The van der Waals surface area contributed by atoms with E-state index >= 15 is 0 Å². The third kappa shape index (κ3) is 3.99. The Morgan fingerprint density at radius 2 is 1.33 bits per heavy atom. The topological polar surface area (TPSA) is 47.7 Å². The van der Waals surface area contributed by atoms with Gasteiger partial charge in [-0.1, -0.05) is 91.0 Å². The number of rotatable bonds is 4. The average Bonchev–Trinajstić information content (AvgIpc) is 3.64. The van der Waals surface area contributed by atoms with Crippen LogP contribution in [0.3, 0.4) is 0 Å². The van der Waals surface area contributed by atoms with E-state index in [4.69, 9.17) is 4.42 Å². The van der Waals surface area contributed by atoms with E-state index in [2.05, 4.69) is 154 Å².